The molecule has 0 aromatic carbocycles. The molecule has 0 bridgehead atoms. The van der Waals surface area contributed by atoms with E-state index in [1.165, 1.54) is 44.9 Å². The third-order valence-corrected chi connectivity index (χ3v) is 5.66. The van der Waals surface area contributed by atoms with Gasteiger partial charge in [-0.05, 0) is 25.7 Å². The lowest BCUT2D eigenvalue weighted by Gasteiger charge is -2.54. The van der Waals surface area contributed by atoms with Crippen molar-refractivity contribution in [2.24, 2.45) is 0 Å². The lowest BCUT2D eigenvalue weighted by Crippen LogP contribution is -2.70. The summed E-state index contributed by atoms with van der Waals surface area (Å²) >= 11 is 0. The molecule has 2 aliphatic carbocycles. The molecule has 0 unspecified atom stereocenters. The molecule has 0 amide bonds. The number of hydrogen-bond acceptors (Lipinski definition) is 2. The molecule has 0 aromatic heterocycles. The van der Waals surface area contributed by atoms with Crippen molar-refractivity contribution in [2.45, 2.75) is 75.3 Å². The average Bonchev–Trinajstić information content (AvgIpc) is 2.85. The van der Waals surface area contributed by atoms with Gasteiger partial charge in [0, 0.05) is 24.2 Å². The van der Waals surface area contributed by atoms with Crippen molar-refractivity contribution in [3.8, 4) is 0 Å². The maximum Gasteiger partial charge on any atom is 0.251 e. The highest BCUT2D eigenvalue weighted by molar-refractivity contribution is 5.08. The van der Waals surface area contributed by atoms with Gasteiger partial charge in [0.05, 0.1) is 6.54 Å². The van der Waals surface area contributed by atoms with E-state index in [1.807, 2.05) is 0 Å². The minimum absolute atomic E-state index is 0.0244. The Labute approximate surface area is 114 Å². The summed E-state index contributed by atoms with van der Waals surface area (Å²) in [6, 6.07) is 0. The molecule has 110 valence electrons. The van der Waals surface area contributed by atoms with E-state index in [2.05, 4.69) is 10.2 Å². The number of nitrogens with one attached hydrogen (secondary N) is 1. The van der Waals surface area contributed by atoms with Gasteiger partial charge in [-0.3, -0.25) is 4.90 Å². The van der Waals surface area contributed by atoms with Gasteiger partial charge in [0.15, 0.2) is 0 Å². The van der Waals surface area contributed by atoms with E-state index in [9.17, 15) is 8.78 Å². The molecular formula is C15H26F2N2. The summed E-state index contributed by atoms with van der Waals surface area (Å²) in [4.78, 5) is 2.16. The highest BCUT2D eigenvalue weighted by Crippen LogP contribution is 2.42. The van der Waals surface area contributed by atoms with Gasteiger partial charge in [0.25, 0.3) is 6.43 Å². The third-order valence-electron chi connectivity index (χ3n) is 5.66. The summed E-state index contributed by atoms with van der Waals surface area (Å²) in [5.74, 6) is 0. The van der Waals surface area contributed by atoms with E-state index in [-0.39, 0.29) is 17.6 Å². The van der Waals surface area contributed by atoms with Crippen LogP contribution in [0.25, 0.3) is 0 Å². The van der Waals surface area contributed by atoms with Gasteiger partial charge in [-0.15, -0.1) is 0 Å². The molecule has 1 heterocycles. The highest BCUT2D eigenvalue weighted by Gasteiger charge is 2.49. The van der Waals surface area contributed by atoms with Gasteiger partial charge < -0.3 is 5.32 Å². The number of halogens is 2. The molecule has 1 aliphatic heterocycles. The lowest BCUT2D eigenvalue weighted by atomic mass is 9.76. The first-order chi connectivity index (χ1) is 9.14. The van der Waals surface area contributed by atoms with Crippen molar-refractivity contribution in [1.82, 2.24) is 10.2 Å². The predicted octanol–water partition coefficient (Wildman–Crippen LogP) is 3.17. The molecule has 3 fully saturated rings. The smallest absolute Gasteiger partial charge is 0.251 e. The Morgan fingerprint density at radius 2 is 1.58 bits per heavy atom. The molecular weight excluding hydrogens is 246 g/mol. The number of hydrogen-bond donors (Lipinski definition) is 1. The van der Waals surface area contributed by atoms with Crippen molar-refractivity contribution < 1.29 is 8.78 Å². The minimum atomic E-state index is -2.20. The quantitative estimate of drug-likeness (QED) is 0.830. The molecule has 1 saturated heterocycles. The van der Waals surface area contributed by atoms with Gasteiger partial charge >= 0.3 is 0 Å². The Hall–Kier alpha value is -0.220. The topological polar surface area (TPSA) is 15.3 Å². The van der Waals surface area contributed by atoms with Crippen LogP contribution in [0.15, 0.2) is 0 Å². The first-order valence-corrected chi connectivity index (χ1v) is 7.93. The zero-order valence-corrected chi connectivity index (χ0v) is 11.8. The molecule has 1 N–H and O–H groups in total. The van der Waals surface area contributed by atoms with Crippen LogP contribution in [0.1, 0.15) is 57.8 Å². The highest BCUT2D eigenvalue weighted by atomic mass is 19.3. The monoisotopic (exact) mass is 272 g/mol. The molecule has 4 heteroatoms. The van der Waals surface area contributed by atoms with Crippen molar-refractivity contribution in [2.75, 3.05) is 19.6 Å². The number of nitrogens with zero attached hydrogens (tertiary/aromatic N) is 1. The fourth-order valence-corrected chi connectivity index (χ4v) is 4.57. The van der Waals surface area contributed by atoms with Gasteiger partial charge in [-0.2, -0.15) is 0 Å². The average molecular weight is 272 g/mol. The predicted molar refractivity (Wildman–Crippen MR) is 72.6 cm³/mol. The van der Waals surface area contributed by atoms with Gasteiger partial charge in [-0.25, -0.2) is 8.78 Å². The molecule has 2 spiro atoms. The standard InChI is InChI=1S/C15H26F2N2/c16-13(17)10-19-12-14(6-2-1-3-7-14)18-11-15(19)8-4-5-9-15/h13,18H,1-12H2. The first-order valence-electron chi connectivity index (χ1n) is 7.93. The summed E-state index contributed by atoms with van der Waals surface area (Å²) in [6.07, 6.45) is 8.56. The molecule has 3 rings (SSSR count). The molecule has 3 aliphatic rings. The molecule has 0 atom stereocenters. The molecule has 0 radical (unpaired) electrons. The zero-order chi connectivity index (χ0) is 13.3. The second-order valence-corrected chi connectivity index (χ2v) is 6.90. The van der Waals surface area contributed by atoms with E-state index >= 15 is 0 Å². The Bertz CT molecular complexity index is 307. The zero-order valence-electron chi connectivity index (χ0n) is 11.8. The van der Waals surface area contributed by atoms with E-state index in [1.54, 1.807) is 0 Å². The fraction of sp³-hybridized carbons (Fsp3) is 1.00. The minimum Gasteiger partial charge on any atom is -0.308 e. The van der Waals surface area contributed by atoms with Crippen LogP contribution in [-0.4, -0.2) is 42.0 Å². The Morgan fingerprint density at radius 1 is 0.947 bits per heavy atom. The largest absolute Gasteiger partial charge is 0.308 e. The normalized spacial score (nSPS) is 30.5. The van der Waals surface area contributed by atoms with Crippen LogP contribution >= 0.6 is 0 Å². The summed E-state index contributed by atoms with van der Waals surface area (Å²) in [5.41, 5.74) is 0.181. The van der Waals surface area contributed by atoms with Crippen molar-refractivity contribution in [3.63, 3.8) is 0 Å². The molecule has 19 heavy (non-hydrogen) atoms. The first kappa shape index (κ1) is 13.7. The Kier molecular flexibility index (Phi) is 3.82. The summed E-state index contributed by atoms with van der Waals surface area (Å²) in [5, 5.41) is 3.78. The summed E-state index contributed by atoms with van der Waals surface area (Å²) in [6.45, 7) is 1.75. The summed E-state index contributed by atoms with van der Waals surface area (Å²) < 4.78 is 25.9. The molecule has 0 aromatic rings. The van der Waals surface area contributed by atoms with E-state index in [4.69, 9.17) is 0 Å². The molecule has 2 nitrogen and oxygen atoms in total. The number of alkyl halides is 2. The lowest BCUT2D eigenvalue weighted by molar-refractivity contribution is -0.0389. The number of piperazine rings is 1. The second kappa shape index (κ2) is 5.28. The van der Waals surface area contributed by atoms with Crippen LogP contribution in [0.3, 0.4) is 0 Å². The Balaban J connectivity index is 1.75. The maximum absolute atomic E-state index is 12.9. The van der Waals surface area contributed by atoms with Crippen LogP contribution in [0.5, 0.6) is 0 Å². The van der Waals surface area contributed by atoms with Crippen molar-refractivity contribution in [3.05, 3.63) is 0 Å². The van der Waals surface area contributed by atoms with Gasteiger partial charge in [0.1, 0.15) is 0 Å². The van der Waals surface area contributed by atoms with Crippen LogP contribution in [0.2, 0.25) is 0 Å². The van der Waals surface area contributed by atoms with Crippen LogP contribution < -0.4 is 5.32 Å². The van der Waals surface area contributed by atoms with E-state index in [0.29, 0.717) is 0 Å². The van der Waals surface area contributed by atoms with Crippen molar-refractivity contribution in [1.29, 1.82) is 0 Å². The second-order valence-electron chi connectivity index (χ2n) is 6.90. The van der Waals surface area contributed by atoms with Crippen LogP contribution in [0.4, 0.5) is 8.78 Å². The fourth-order valence-electron chi connectivity index (χ4n) is 4.57. The SMILES string of the molecule is FC(F)CN1CC2(CCCCC2)NCC12CCCC2. The van der Waals surface area contributed by atoms with E-state index in [0.717, 1.165) is 25.9 Å². The maximum atomic E-state index is 12.9. The van der Waals surface area contributed by atoms with Gasteiger partial charge in [-0.1, -0.05) is 32.1 Å². The van der Waals surface area contributed by atoms with E-state index < -0.39 is 6.43 Å². The van der Waals surface area contributed by atoms with Crippen LogP contribution in [0, 0.1) is 0 Å². The number of rotatable bonds is 2. The summed E-state index contributed by atoms with van der Waals surface area (Å²) in [7, 11) is 0. The van der Waals surface area contributed by atoms with Gasteiger partial charge in [0.2, 0.25) is 0 Å². The third kappa shape index (κ3) is 2.66. The molecule has 2 saturated carbocycles. The Morgan fingerprint density at radius 3 is 2.21 bits per heavy atom. The van der Waals surface area contributed by atoms with Crippen molar-refractivity contribution >= 4 is 0 Å². The van der Waals surface area contributed by atoms with Crippen LogP contribution in [-0.2, 0) is 0 Å².